The Bertz CT molecular complexity index is 1220. The van der Waals surface area contributed by atoms with Gasteiger partial charge in [0.25, 0.3) is 0 Å². The predicted octanol–water partition coefficient (Wildman–Crippen LogP) is 7.08. The lowest BCUT2D eigenvalue weighted by Crippen LogP contribution is -2.33. The van der Waals surface area contributed by atoms with Gasteiger partial charge in [0.2, 0.25) is 0 Å². The highest BCUT2D eigenvalue weighted by Gasteiger charge is 2.22. The highest BCUT2D eigenvalue weighted by atomic mass is 35.5. The number of halogens is 4. The molecule has 0 bridgehead atoms. The van der Waals surface area contributed by atoms with Gasteiger partial charge >= 0.3 is 0 Å². The Morgan fingerprint density at radius 2 is 1.56 bits per heavy atom. The molecule has 0 N–H and O–H groups in total. The van der Waals surface area contributed by atoms with E-state index in [2.05, 4.69) is 9.80 Å². The topological polar surface area (TPSA) is 32.8 Å². The Labute approximate surface area is 242 Å². The van der Waals surface area contributed by atoms with Crippen LogP contribution in [0.25, 0.3) is 0 Å². The fraction of sp³-hybridized carbons (Fsp3) is 0.387. The summed E-state index contributed by atoms with van der Waals surface area (Å²) < 4.78 is 32.7. The minimum atomic E-state index is -0.231. The zero-order valence-corrected chi connectivity index (χ0v) is 23.6. The average Bonchev–Trinajstić information content (AvgIpc) is 3.10. The third-order valence-corrected chi connectivity index (χ3v) is 7.54. The Balaban J connectivity index is 0.00000210. The van der Waals surface area contributed by atoms with Crippen LogP contribution in [0, 0.1) is 17.6 Å². The molecule has 3 aromatic rings. The van der Waals surface area contributed by atoms with Gasteiger partial charge in [-0.1, -0.05) is 24.3 Å². The molecule has 4 nitrogen and oxygen atoms in total. The molecule has 2 aliphatic heterocycles. The third kappa shape index (κ3) is 8.74. The van der Waals surface area contributed by atoms with Crippen molar-refractivity contribution in [3.05, 3.63) is 101 Å². The summed E-state index contributed by atoms with van der Waals surface area (Å²) in [4.78, 5) is 17.7. The van der Waals surface area contributed by atoms with Crippen molar-refractivity contribution in [2.75, 3.05) is 26.2 Å². The summed E-state index contributed by atoms with van der Waals surface area (Å²) in [6, 6.07) is 19.2. The monoisotopic (exact) mass is 576 g/mol. The molecule has 0 aromatic heterocycles. The number of nitrogens with zero attached hydrogens (tertiary/aromatic N) is 2. The van der Waals surface area contributed by atoms with Crippen LogP contribution in [-0.2, 0) is 19.6 Å². The molecule has 0 unspecified atom stereocenters. The molecular formula is C31H36Cl2F2N2O2. The Morgan fingerprint density at radius 3 is 2.31 bits per heavy atom. The molecule has 1 fully saturated rings. The van der Waals surface area contributed by atoms with Gasteiger partial charge in [-0.3, -0.25) is 14.6 Å². The van der Waals surface area contributed by atoms with E-state index in [1.807, 2.05) is 36.4 Å². The van der Waals surface area contributed by atoms with Gasteiger partial charge in [-0.15, -0.1) is 24.8 Å². The summed E-state index contributed by atoms with van der Waals surface area (Å²) in [6.45, 7) is 5.49. The minimum Gasteiger partial charge on any atom is -0.492 e. The van der Waals surface area contributed by atoms with E-state index in [9.17, 15) is 13.6 Å². The number of piperidine rings is 1. The van der Waals surface area contributed by atoms with Crippen molar-refractivity contribution < 1.29 is 18.3 Å². The maximum atomic E-state index is 13.5. The van der Waals surface area contributed by atoms with Gasteiger partial charge in [0, 0.05) is 43.7 Å². The van der Waals surface area contributed by atoms with E-state index in [1.54, 1.807) is 12.1 Å². The number of ether oxygens (including phenoxy) is 1. The SMILES string of the molecule is Cl.Cl.O=C(CCC1CCN(Cc2cccc(F)c2)CC1)c1ccc2c(c1)CN(Cc1ccc(F)cc1)CCO2. The third-order valence-electron chi connectivity index (χ3n) is 7.54. The first-order valence-electron chi connectivity index (χ1n) is 13.2. The smallest absolute Gasteiger partial charge is 0.162 e. The summed E-state index contributed by atoms with van der Waals surface area (Å²) in [7, 11) is 0. The number of Topliss-reactive ketones (excluding diaryl/α,β-unsaturated/α-hetero) is 1. The molecular weight excluding hydrogens is 541 g/mol. The lowest BCUT2D eigenvalue weighted by atomic mass is 9.90. The molecule has 5 rings (SSSR count). The van der Waals surface area contributed by atoms with Crippen molar-refractivity contribution in [1.29, 1.82) is 0 Å². The molecule has 0 saturated carbocycles. The molecule has 0 radical (unpaired) electrons. The number of carbonyl (C=O) groups is 1. The number of fused-ring (bicyclic) bond motifs is 1. The van der Waals surface area contributed by atoms with Crippen LogP contribution < -0.4 is 4.74 Å². The van der Waals surface area contributed by atoms with Crippen molar-refractivity contribution in [2.24, 2.45) is 5.92 Å². The molecule has 0 amide bonds. The largest absolute Gasteiger partial charge is 0.492 e. The van der Waals surface area contributed by atoms with Gasteiger partial charge in [0.1, 0.15) is 24.0 Å². The molecule has 1 saturated heterocycles. The van der Waals surface area contributed by atoms with Crippen molar-refractivity contribution >= 4 is 30.6 Å². The summed E-state index contributed by atoms with van der Waals surface area (Å²) >= 11 is 0. The number of rotatable bonds is 8. The van der Waals surface area contributed by atoms with Crippen LogP contribution >= 0.6 is 24.8 Å². The first-order chi connectivity index (χ1) is 18.0. The fourth-order valence-corrected chi connectivity index (χ4v) is 5.41. The summed E-state index contributed by atoms with van der Waals surface area (Å²) in [6.07, 6.45) is 3.59. The van der Waals surface area contributed by atoms with Gasteiger partial charge < -0.3 is 4.74 Å². The summed E-state index contributed by atoms with van der Waals surface area (Å²) in [5.74, 6) is 1.15. The second kappa shape index (κ2) is 14.8. The Morgan fingerprint density at radius 1 is 0.821 bits per heavy atom. The van der Waals surface area contributed by atoms with E-state index in [4.69, 9.17) is 4.74 Å². The van der Waals surface area contributed by atoms with Gasteiger partial charge in [-0.2, -0.15) is 0 Å². The van der Waals surface area contributed by atoms with E-state index < -0.39 is 0 Å². The van der Waals surface area contributed by atoms with Crippen molar-refractivity contribution in [3.8, 4) is 5.75 Å². The molecule has 39 heavy (non-hydrogen) atoms. The number of hydrogen-bond acceptors (Lipinski definition) is 4. The molecule has 0 atom stereocenters. The molecule has 8 heteroatoms. The molecule has 0 spiro atoms. The quantitative estimate of drug-likeness (QED) is 0.268. The van der Waals surface area contributed by atoms with Crippen LogP contribution in [0.5, 0.6) is 5.75 Å². The summed E-state index contributed by atoms with van der Waals surface area (Å²) in [5, 5.41) is 0. The number of ketones is 1. The molecule has 210 valence electrons. The average molecular weight is 578 g/mol. The lowest BCUT2D eigenvalue weighted by Gasteiger charge is -2.32. The van der Waals surface area contributed by atoms with E-state index in [0.717, 1.165) is 73.4 Å². The van der Waals surface area contributed by atoms with Crippen LogP contribution in [0.2, 0.25) is 0 Å². The van der Waals surface area contributed by atoms with Gasteiger partial charge in [-0.05, 0) is 91.9 Å². The first-order valence-corrected chi connectivity index (χ1v) is 13.2. The van der Waals surface area contributed by atoms with E-state index >= 15 is 0 Å². The number of carbonyl (C=O) groups excluding carboxylic acids is 1. The second-order valence-corrected chi connectivity index (χ2v) is 10.3. The summed E-state index contributed by atoms with van der Waals surface area (Å²) in [5.41, 5.74) is 3.83. The van der Waals surface area contributed by atoms with Crippen LogP contribution in [0.15, 0.2) is 66.7 Å². The van der Waals surface area contributed by atoms with Crippen LogP contribution in [-0.4, -0.2) is 41.8 Å². The van der Waals surface area contributed by atoms with E-state index in [1.165, 1.54) is 18.2 Å². The zero-order valence-electron chi connectivity index (χ0n) is 22.0. The van der Waals surface area contributed by atoms with E-state index in [0.29, 0.717) is 32.0 Å². The van der Waals surface area contributed by atoms with Gasteiger partial charge in [-0.25, -0.2) is 8.78 Å². The fourth-order valence-electron chi connectivity index (χ4n) is 5.41. The lowest BCUT2D eigenvalue weighted by molar-refractivity contribution is 0.0961. The Hall–Kier alpha value is -2.51. The van der Waals surface area contributed by atoms with Crippen LogP contribution in [0.4, 0.5) is 8.78 Å². The highest BCUT2D eigenvalue weighted by Crippen LogP contribution is 2.28. The highest BCUT2D eigenvalue weighted by molar-refractivity contribution is 5.96. The maximum absolute atomic E-state index is 13.5. The number of benzene rings is 3. The normalized spacial score (nSPS) is 16.3. The van der Waals surface area contributed by atoms with E-state index in [-0.39, 0.29) is 42.2 Å². The second-order valence-electron chi connectivity index (χ2n) is 10.3. The van der Waals surface area contributed by atoms with Crippen molar-refractivity contribution in [2.45, 2.75) is 45.3 Å². The molecule has 0 aliphatic carbocycles. The number of hydrogen-bond donors (Lipinski definition) is 0. The van der Waals surface area contributed by atoms with Crippen LogP contribution in [0.3, 0.4) is 0 Å². The van der Waals surface area contributed by atoms with Crippen molar-refractivity contribution in [3.63, 3.8) is 0 Å². The number of likely N-dealkylation sites (tertiary alicyclic amines) is 1. The Kier molecular flexibility index (Phi) is 11.7. The molecule has 2 heterocycles. The molecule has 3 aromatic carbocycles. The maximum Gasteiger partial charge on any atom is 0.162 e. The van der Waals surface area contributed by atoms with Gasteiger partial charge in [0.05, 0.1) is 0 Å². The first kappa shape index (κ1) is 31.0. The molecule has 2 aliphatic rings. The predicted molar refractivity (Wildman–Crippen MR) is 155 cm³/mol. The standard InChI is InChI=1S/C31H34F2N2O2.2ClH/c32-28-8-4-24(5-9-28)20-35-16-17-37-31-11-7-26(19-27(31)22-35)30(36)10-6-23-12-14-34(15-13-23)21-25-2-1-3-29(33)18-25;;/h1-5,7-9,11,18-19,23H,6,10,12-17,20-22H2;2*1H. The van der Waals surface area contributed by atoms with Gasteiger partial charge in [0.15, 0.2) is 5.78 Å². The van der Waals surface area contributed by atoms with Crippen molar-refractivity contribution in [1.82, 2.24) is 9.80 Å². The minimum absolute atomic E-state index is 0. The van der Waals surface area contributed by atoms with Crippen LogP contribution in [0.1, 0.15) is 52.7 Å². The zero-order chi connectivity index (χ0) is 25.6.